The lowest BCUT2D eigenvalue weighted by Gasteiger charge is -2.18. The first-order valence-electron chi connectivity index (χ1n) is 8.13. The predicted octanol–water partition coefficient (Wildman–Crippen LogP) is 2.71. The van der Waals surface area contributed by atoms with Gasteiger partial charge in [-0.15, -0.1) is 0 Å². The van der Waals surface area contributed by atoms with E-state index in [-0.39, 0.29) is 0 Å². The van der Waals surface area contributed by atoms with Gasteiger partial charge in [-0.05, 0) is 24.8 Å². The molecule has 0 amide bonds. The molecule has 1 fully saturated rings. The lowest BCUT2D eigenvalue weighted by molar-refractivity contribution is 0.0835. The third-order valence-electron chi connectivity index (χ3n) is 4.16. The Morgan fingerprint density at radius 3 is 2.59 bits per heavy atom. The van der Waals surface area contributed by atoms with Gasteiger partial charge in [-0.25, -0.2) is 9.67 Å². The van der Waals surface area contributed by atoms with Crippen molar-refractivity contribution in [2.24, 2.45) is 5.73 Å². The van der Waals surface area contributed by atoms with Gasteiger partial charge in [-0.2, -0.15) is 5.10 Å². The van der Waals surface area contributed by atoms with Crippen molar-refractivity contribution in [1.29, 1.82) is 0 Å². The van der Waals surface area contributed by atoms with Crippen LogP contribution in [0.25, 0.3) is 11.4 Å². The molecule has 1 aromatic carbocycles. The Hall–Kier alpha value is -1.72. The molecule has 5 nitrogen and oxygen atoms in total. The van der Waals surface area contributed by atoms with E-state index in [1.54, 1.807) is 0 Å². The van der Waals surface area contributed by atoms with Gasteiger partial charge in [-0.1, -0.05) is 31.2 Å². The van der Waals surface area contributed by atoms with Crippen molar-refractivity contribution in [2.75, 3.05) is 13.2 Å². The Kier molecular flexibility index (Phi) is 4.85. The van der Waals surface area contributed by atoms with E-state index in [0.29, 0.717) is 12.5 Å². The molecule has 2 aromatic rings. The molecule has 1 aromatic heterocycles. The zero-order chi connectivity index (χ0) is 15.4. The van der Waals surface area contributed by atoms with Crippen molar-refractivity contribution in [3.8, 4) is 11.4 Å². The molecule has 1 aliphatic rings. The Labute approximate surface area is 131 Å². The van der Waals surface area contributed by atoms with Crippen LogP contribution in [0.3, 0.4) is 0 Å². The fourth-order valence-electron chi connectivity index (χ4n) is 2.86. The van der Waals surface area contributed by atoms with E-state index in [1.807, 2.05) is 4.68 Å². The van der Waals surface area contributed by atoms with E-state index in [9.17, 15) is 0 Å². The highest BCUT2D eigenvalue weighted by molar-refractivity contribution is 5.55. The second kappa shape index (κ2) is 7.03. The van der Waals surface area contributed by atoms with Crippen molar-refractivity contribution in [2.45, 2.75) is 45.2 Å². The second-order valence-electron chi connectivity index (χ2n) is 5.80. The SMILES string of the molecule is CCCn1nc(C2CCOCC2)nc1-c1ccc(CN)cc1. The van der Waals surface area contributed by atoms with Crippen molar-refractivity contribution in [3.63, 3.8) is 0 Å². The standard InChI is InChI=1S/C17H24N4O/c1-2-9-21-17(15-5-3-13(12-18)4-6-15)19-16(20-21)14-7-10-22-11-8-14/h3-6,14H,2,7-12,18H2,1H3. The normalized spacial score (nSPS) is 16.1. The highest BCUT2D eigenvalue weighted by atomic mass is 16.5. The molecule has 0 atom stereocenters. The molecule has 1 saturated heterocycles. The van der Waals surface area contributed by atoms with Crippen molar-refractivity contribution in [1.82, 2.24) is 14.8 Å². The summed E-state index contributed by atoms with van der Waals surface area (Å²) in [7, 11) is 0. The van der Waals surface area contributed by atoms with Crippen LogP contribution in [-0.2, 0) is 17.8 Å². The summed E-state index contributed by atoms with van der Waals surface area (Å²) >= 11 is 0. The zero-order valence-corrected chi connectivity index (χ0v) is 13.2. The van der Waals surface area contributed by atoms with Crippen molar-refractivity contribution < 1.29 is 4.74 Å². The topological polar surface area (TPSA) is 66.0 Å². The number of aromatic nitrogens is 3. The average molecular weight is 300 g/mol. The number of hydrogen-bond donors (Lipinski definition) is 1. The molecule has 5 heteroatoms. The molecule has 2 N–H and O–H groups in total. The summed E-state index contributed by atoms with van der Waals surface area (Å²) in [5.74, 6) is 2.36. The second-order valence-corrected chi connectivity index (χ2v) is 5.80. The Bertz CT molecular complexity index is 600. The molecule has 0 bridgehead atoms. The molecular weight excluding hydrogens is 276 g/mol. The Balaban J connectivity index is 1.91. The summed E-state index contributed by atoms with van der Waals surface area (Å²) in [5.41, 5.74) is 7.91. The first-order valence-corrected chi connectivity index (χ1v) is 8.13. The third kappa shape index (κ3) is 3.20. The molecule has 0 radical (unpaired) electrons. The molecule has 2 heterocycles. The van der Waals surface area contributed by atoms with E-state index in [1.165, 1.54) is 0 Å². The molecule has 0 saturated carbocycles. The maximum absolute atomic E-state index is 5.67. The van der Waals surface area contributed by atoms with E-state index < -0.39 is 0 Å². The molecule has 118 valence electrons. The van der Waals surface area contributed by atoms with Crippen LogP contribution in [0.5, 0.6) is 0 Å². The largest absolute Gasteiger partial charge is 0.381 e. The predicted molar refractivity (Wildman–Crippen MR) is 86.4 cm³/mol. The summed E-state index contributed by atoms with van der Waals surface area (Å²) in [6, 6.07) is 8.31. The lowest BCUT2D eigenvalue weighted by Crippen LogP contribution is -2.15. The third-order valence-corrected chi connectivity index (χ3v) is 4.16. The van der Waals surface area contributed by atoms with E-state index >= 15 is 0 Å². The highest BCUT2D eigenvalue weighted by Gasteiger charge is 2.22. The van der Waals surface area contributed by atoms with E-state index in [0.717, 1.165) is 61.8 Å². The van der Waals surface area contributed by atoms with Crippen LogP contribution in [0.15, 0.2) is 24.3 Å². The summed E-state index contributed by atoms with van der Waals surface area (Å²) in [4.78, 5) is 4.84. The van der Waals surface area contributed by atoms with Crippen LogP contribution in [0, 0.1) is 0 Å². The molecule has 1 aliphatic heterocycles. The van der Waals surface area contributed by atoms with Crippen LogP contribution < -0.4 is 5.73 Å². The number of hydrogen-bond acceptors (Lipinski definition) is 4. The first kappa shape index (κ1) is 15.2. The fourth-order valence-corrected chi connectivity index (χ4v) is 2.86. The van der Waals surface area contributed by atoms with Crippen LogP contribution in [0.1, 0.15) is 43.5 Å². The fraction of sp³-hybridized carbons (Fsp3) is 0.529. The summed E-state index contributed by atoms with van der Waals surface area (Å²) in [6.45, 7) is 5.25. The summed E-state index contributed by atoms with van der Waals surface area (Å²) < 4.78 is 7.49. The Morgan fingerprint density at radius 2 is 1.95 bits per heavy atom. The van der Waals surface area contributed by atoms with E-state index in [4.69, 9.17) is 20.6 Å². The maximum atomic E-state index is 5.67. The molecule has 0 aliphatic carbocycles. The monoisotopic (exact) mass is 300 g/mol. The number of nitrogens with two attached hydrogens (primary N) is 1. The van der Waals surface area contributed by atoms with Gasteiger partial charge in [-0.3, -0.25) is 0 Å². The van der Waals surface area contributed by atoms with Crippen LogP contribution in [-0.4, -0.2) is 28.0 Å². The van der Waals surface area contributed by atoms with Crippen LogP contribution >= 0.6 is 0 Å². The molecule has 22 heavy (non-hydrogen) atoms. The molecular formula is C17H24N4O. The van der Waals surface area contributed by atoms with E-state index in [2.05, 4.69) is 31.2 Å². The van der Waals surface area contributed by atoms with Crippen LogP contribution in [0.2, 0.25) is 0 Å². The van der Waals surface area contributed by atoms with Gasteiger partial charge in [0.2, 0.25) is 0 Å². The molecule has 3 rings (SSSR count). The molecule has 0 unspecified atom stereocenters. The number of rotatable bonds is 5. The minimum Gasteiger partial charge on any atom is -0.381 e. The minimum atomic E-state index is 0.425. The first-order chi connectivity index (χ1) is 10.8. The molecule has 0 spiro atoms. The highest BCUT2D eigenvalue weighted by Crippen LogP contribution is 2.27. The maximum Gasteiger partial charge on any atom is 0.158 e. The van der Waals surface area contributed by atoms with Crippen LogP contribution in [0.4, 0.5) is 0 Å². The smallest absolute Gasteiger partial charge is 0.158 e. The number of nitrogens with zero attached hydrogens (tertiary/aromatic N) is 3. The number of benzene rings is 1. The number of aryl methyl sites for hydroxylation is 1. The zero-order valence-electron chi connectivity index (χ0n) is 13.2. The minimum absolute atomic E-state index is 0.425. The van der Waals surface area contributed by atoms with Crippen molar-refractivity contribution in [3.05, 3.63) is 35.7 Å². The van der Waals surface area contributed by atoms with Gasteiger partial charge >= 0.3 is 0 Å². The Morgan fingerprint density at radius 1 is 1.23 bits per heavy atom. The van der Waals surface area contributed by atoms with Crippen molar-refractivity contribution >= 4 is 0 Å². The summed E-state index contributed by atoms with van der Waals surface area (Å²) in [6.07, 6.45) is 3.08. The quantitative estimate of drug-likeness (QED) is 0.922. The van der Waals surface area contributed by atoms with Gasteiger partial charge < -0.3 is 10.5 Å². The summed E-state index contributed by atoms with van der Waals surface area (Å²) in [5, 5.41) is 4.77. The van der Waals surface area contributed by atoms with Gasteiger partial charge in [0.05, 0.1) is 0 Å². The lowest BCUT2D eigenvalue weighted by atomic mass is 10.00. The van der Waals surface area contributed by atoms with Gasteiger partial charge in [0, 0.05) is 37.8 Å². The van der Waals surface area contributed by atoms with Gasteiger partial charge in [0.25, 0.3) is 0 Å². The number of ether oxygens (including phenoxy) is 1. The van der Waals surface area contributed by atoms with Gasteiger partial charge in [0.1, 0.15) is 0 Å². The average Bonchev–Trinajstić information content (AvgIpc) is 3.00. The van der Waals surface area contributed by atoms with Gasteiger partial charge in [0.15, 0.2) is 11.6 Å².